The van der Waals surface area contributed by atoms with E-state index in [0.29, 0.717) is 12.0 Å². The summed E-state index contributed by atoms with van der Waals surface area (Å²) in [5, 5.41) is 4.24. The topological polar surface area (TPSA) is 75.9 Å². The standard InChI is InChI=1S/C11H19N5S/c1-7-5-10(15-11(13-7)16-12)14-8-3-4-9(6-8)17-2/h5,8-9H,3-4,6,12H2,1-2H3,(H2,13,14,15,16). The lowest BCUT2D eigenvalue weighted by Gasteiger charge is -2.14. The Kier molecular flexibility index (Phi) is 4.06. The fraction of sp³-hybridized carbons (Fsp3) is 0.636. The fourth-order valence-corrected chi connectivity index (χ4v) is 3.00. The van der Waals surface area contributed by atoms with Gasteiger partial charge in [0.15, 0.2) is 0 Å². The van der Waals surface area contributed by atoms with E-state index in [1.807, 2.05) is 24.8 Å². The van der Waals surface area contributed by atoms with Gasteiger partial charge in [-0.2, -0.15) is 16.7 Å². The van der Waals surface area contributed by atoms with Crippen LogP contribution in [0.25, 0.3) is 0 Å². The van der Waals surface area contributed by atoms with E-state index in [4.69, 9.17) is 5.84 Å². The highest BCUT2D eigenvalue weighted by Gasteiger charge is 2.24. The number of aromatic nitrogens is 2. The minimum atomic E-state index is 0.465. The first-order chi connectivity index (χ1) is 8.21. The number of hydrogen-bond acceptors (Lipinski definition) is 6. The molecule has 5 nitrogen and oxygen atoms in total. The molecule has 1 heterocycles. The van der Waals surface area contributed by atoms with E-state index in [2.05, 4.69) is 27.0 Å². The van der Waals surface area contributed by atoms with Crippen LogP contribution in [0.3, 0.4) is 0 Å². The molecule has 2 unspecified atom stereocenters. The van der Waals surface area contributed by atoms with Gasteiger partial charge in [0.25, 0.3) is 0 Å². The first-order valence-electron chi connectivity index (χ1n) is 5.83. The number of nitrogen functional groups attached to an aromatic ring is 1. The summed E-state index contributed by atoms with van der Waals surface area (Å²) in [5.41, 5.74) is 3.40. The second-order valence-electron chi connectivity index (χ2n) is 4.37. The van der Waals surface area contributed by atoms with Crippen LogP contribution < -0.4 is 16.6 Å². The number of nitrogens with zero attached hydrogens (tertiary/aromatic N) is 2. The summed E-state index contributed by atoms with van der Waals surface area (Å²) in [6.07, 6.45) is 5.87. The van der Waals surface area contributed by atoms with Crippen molar-refractivity contribution in [2.75, 3.05) is 17.0 Å². The van der Waals surface area contributed by atoms with Crippen molar-refractivity contribution in [3.63, 3.8) is 0 Å². The first-order valence-corrected chi connectivity index (χ1v) is 7.11. The Balaban J connectivity index is 2.01. The molecule has 0 aromatic carbocycles. The number of aryl methyl sites for hydroxylation is 1. The summed E-state index contributed by atoms with van der Waals surface area (Å²) >= 11 is 1.95. The number of nitrogens with one attached hydrogen (secondary N) is 2. The molecular formula is C11H19N5S. The fourth-order valence-electron chi connectivity index (χ4n) is 2.20. The monoisotopic (exact) mass is 253 g/mol. The Hall–Kier alpha value is -1.01. The molecule has 6 heteroatoms. The number of hydrazine groups is 1. The predicted molar refractivity (Wildman–Crippen MR) is 73.1 cm³/mol. The van der Waals surface area contributed by atoms with Gasteiger partial charge in [0.1, 0.15) is 5.82 Å². The lowest BCUT2D eigenvalue weighted by atomic mass is 10.2. The van der Waals surface area contributed by atoms with Crippen LogP contribution in [0, 0.1) is 6.92 Å². The van der Waals surface area contributed by atoms with Gasteiger partial charge in [0.05, 0.1) is 0 Å². The largest absolute Gasteiger partial charge is 0.367 e. The lowest BCUT2D eigenvalue weighted by molar-refractivity contribution is 0.751. The smallest absolute Gasteiger partial charge is 0.239 e. The zero-order chi connectivity index (χ0) is 12.3. The van der Waals surface area contributed by atoms with Gasteiger partial charge in [-0.15, -0.1) is 0 Å². The third-order valence-corrected chi connectivity index (χ3v) is 4.15. The van der Waals surface area contributed by atoms with Crippen LogP contribution in [0.4, 0.5) is 11.8 Å². The molecule has 17 heavy (non-hydrogen) atoms. The Morgan fingerprint density at radius 3 is 2.88 bits per heavy atom. The Bertz CT molecular complexity index is 384. The molecule has 0 amide bonds. The van der Waals surface area contributed by atoms with Crippen molar-refractivity contribution in [3.05, 3.63) is 11.8 Å². The normalized spacial score (nSPS) is 23.7. The van der Waals surface area contributed by atoms with E-state index in [0.717, 1.165) is 16.8 Å². The van der Waals surface area contributed by atoms with E-state index >= 15 is 0 Å². The second-order valence-corrected chi connectivity index (χ2v) is 5.51. The molecular weight excluding hydrogens is 234 g/mol. The van der Waals surface area contributed by atoms with Gasteiger partial charge < -0.3 is 5.32 Å². The van der Waals surface area contributed by atoms with Crippen LogP contribution in [0.1, 0.15) is 25.0 Å². The van der Waals surface area contributed by atoms with Crippen molar-refractivity contribution in [3.8, 4) is 0 Å². The molecule has 1 fully saturated rings. The molecule has 4 N–H and O–H groups in total. The van der Waals surface area contributed by atoms with E-state index in [1.54, 1.807) is 0 Å². The molecule has 2 atom stereocenters. The quantitative estimate of drug-likeness (QED) is 0.561. The van der Waals surface area contributed by atoms with E-state index in [-0.39, 0.29) is 0 Å². The maximum atomic E-state index is 5.33. The molecule has 1 saturated carbocycles. The highest BCUT2D eigenvalue weighted by Crippen LogP contribution is 2.30. The molecule has 94 valence electrons. The van der Waals surface area contributed by atoms with Gasteiger partial charge in [0, 0.05) is 23.1 Å². The minimum Gasteiger partial charge on any atom is -0.367 e. The van der Waals surface area contributed by atoms with Gasteiger partial charge in [-0.05, 0) is 32.4 Å². The number of thioether (sulfide) groups is 1. The summed E-state index contributed by atoms with van der Waals surface area (Å²) in [6.45, 7) is 1.94. The van der Waals surface area contributed by atoms with Crippen LogP contribution in [0.2, 0.25) is 0 Å². The van der Waals surface area contributed by atoms with E-state index in [9.17, 15) is 0 Å². The summed E-state index contributed by atoms with van der Waals surface area (Å²) in [4.78, 5) is 8.47. The van der Waals surface area contributed by atoms with Crippen molar-refractivity contribution in [1.82, 2.24) is 9.97 Å². The molecule has 1 aromatic rings. The zero-order valence-corrected chi connectivity index (χ0v) is 11.0. The van der Waals surface area contributed by atoms with Crippen molar-refractivity contribution in [2.24, 2.45) is 5.84 Å². The molecule has 0 radical (unpaired) electrons. The summed E-state index contributed by atoms with van der Waals surface area (Å²) in [6, 6.07) is 2.47. The van der Waals surface area contributed by atoms with Crippen LogP contribution in [0.5, 0.6) is 0 Å². The minimum absolute atomic E-state index is 0.465. The Labute approximate surface area is 106 Å². The average Bonchev–Trinajstić information content (AvgIpc) is 2.76. The van der Waals surface area contributed by atoms with Gasteiger partial charge in [-0.1, -0.05) is 0 Å². The zero-order valence-electron chi connectivity index (χ0n) is 10.2. The van der Waals surface area contributed by atoms with Crippen LogP contribution in [-0.2, 0) is 0 Å². The molecule has 0 spiro atoms. The van der Waals surface area contributed by atoms with Crippen LogP contribution >= 0.6 is 11.8 Å². The maximum Gasteiger partial charge on any atom is 0.239 e. The van der Waals surface area contributed by atoms with Gasteiger partial charge >= 0.3 is 0 Å². The van der Waals surface area contributed by atoms with Crippen molar-refractivity contribution >= 4 is 23.5 Å². The molecule has 1 aliphatic carbocycles. The predicted octanol–water partition coefficient (Wildman–Crippen LogP) is 1.77. The summed E-state index contributed by atoms with van der Waals surface area (Å²) in [7, 11) is 0. The van der Waals surface area contributed by atoms with Crippen molar-refractivity contribution in [2.45, 2.75) is 37.5 Å². The maximum absolute atomic E-state index is 5.33. The van der Waals surface area contributed by atoms with Crippen molar-refractivity contribution in [1.29, 1.82) is 0 Å². The second kappa shape index (κ2) is 5.55. The SMILES string of the molecule is CSC1CCC(Nc2cc(C)nc(NN)n2)C1. The van der Waals surface area contributed by atoms with Gasteiger partial charge in [-0.3, -0.25) is 5.43 Å². The third kappa shape index (κ3) is 3.23. The molecule has 1 aliphatic rings. The lowest BCUT2D eigenvalue weighted by Crippen LogP contribution is -2.18. The summed E-state index contributed by atoms with van der Waals surface area (Å²) in [5.74, 6) is 6.66. The molecule has 0 bridgehead atoms. The van der Waals surface area contributed by atoms with Crippen LogP contribution in [-0.4, -0.2) is 27.5 Å². The van der Waals surface area contributed by atoms with Gasteiger partial charge in [-0.25, -0.2) is 10.8 Å². The van der Waals surface area contributed by atoms with Gasteiger partial charge in [0.2, 0.25) is 5.95 Å². The Morgan fingerprint density at radius 1 is 1.41 bits per heavy atom. The highest BCUT2D eigenvalue weighted by atomic mass is 32.2. The average molecular weight is 253 g/mol. The van der Waals surface area contributed by atoms with Crippen LogP contribution in [0.15, 0.2) is 6.07 Å². The van der Waals surface area contributed by atoms with E-state index in [1.165, 1.54) is 19.3 Å². The molecule has 2 rings (SSSR count). The first kappa shape index (κ1) is 12.4. The molecule has 1 aromatic heterocycles. The molecule has 0 aliphatic heterocycles. The third-order valence-electron chi connectivity index (χ3n) is 3.05. The summed E-state index contributed by atoms with van der Waals surface area (Å²) < 4.78 is 0. The van der Waals surface area contributed by atoms with E-state index < -0.39 is 0 Å². The number of nitrogens with two attached hydrogens (primary N) is 1. The number of hydrogen-bond donors (Lipinski definition) is 3. The molecule has 0 saturated heterocycles. The number of anilines is 2. The number of rotatable bonds is 4. The highest BCUT2D eigenvalue weighted by molar-refractivity contribution is 7.99. The van der Waals surface area contributed by atoms with Crippen molar-refractivity contribution < 1.29 is 0 Å². The Morgan fingerprint density at radius 2 is 2.24 bits per heavy atom.